The van der Waals surface area contributed by atoms with E-state index in [2.05, 4.69) is 10.3 Å². The summed E-state index contributed by atoms with van der Waals surface area (Å²) in [5.41, 5.74) is 1.42. The molecule has 0 atom stereocenters. The van der Waals surface area contributed by atoms with Crippen molar-refractivity contribution in [1.29, 1.82) is 0 Å². The van der Waals surface area contributed by atoms with Gasteiger partial charge in [-0.2, -0.15) is 0 Å². The molecule has 0 spiro atoms. The number of aryl methyl sites for hydroxylation is 1. The van der Waals surface area contributed by atoms with Crippen molar-refractivity contribution in [3.05, 3.63) is 76.0 Å². The second-order valence-corrected chi connectivity index (χ2v) is 6.87. The molecule has 144 valence electrons. The Morgan fingerprint density at radius 3 is 2.64 bits per heavy atom. The Bertz CT molecular complexity index is 972. The summed E-state index contributed by atoms with van der Waals surface area (Å²) in [5.74, 6) is -1.08. The molecule has 8 heteroatoms. The summed E-state index contributed by atoms with van der Waals surface area (Å²) in [5, 5.41) is 5.35. The third-order valence-corrected chi connectivity index (χ3v) is 4.41. The lowest BCUT2D eigenvalue weighted by molar-refractivity contribution is -0.119. The third-order valence-electron chi connectivity index (χ3n) is 3.59. The van der Waals surface area contributed by atoms with Crippen molar-refractivity contribution in [3.8, 4) is 5.75 Å². The Morgan fingerprint density at radius 2 is 1.96 bits per heavy atom. The molecule has 0 aliphatic heterocycles. The van der Waals surface area contributed by atoms with E-state index in [1.54, 1.807) is 35.6 Å². The summed E-state index contributed by atoms with van der Waals surface area (Å²) in [7, 11) is 0. The first-order valence-corrected chi connectivity index (χ1v) is 9.24. The molecule has 3 rings (SSSR count). The number of carbonyl (C=O) groups excluding carboxylic acids is 2. The van der Waals surface area contributed by atoms with Gasteiger partial charge >= 0.3 is 5.97 Å². The number of nitrogens with one attached hydrogen (secondary N) is 1. The predicted molar refractivity (Wildman–Crippen MR) is 103 cm³/mol. The standard InChI is InChI=1S/C20H17FN2O4S/c1-13-22-17(12-28-13)10-26-18-7-5-14(6-8-18)20(25)27-11-19(24)23-16-4-2-3-15(21)9-16/h2-9,12H,10-11H2,1H3,(H,23,24). The van der Waals surface area contributed by atoms with E-state index in [4.69, 9.17) is 9.47 Å². The average molecular weight is 400 g/mol. The van der Waals surface area contributed by atoms with E-state index in [1.165, 1.54) is 24.3 Å². The van der Waals surface area contributed by atoms with Crippen LogP contribution in [0.25, 0.3) is 0 Å². The molecule has 28 heavy (non-hydrogen) atoms. The summed E-state index contributed by atoms with van der Waals surface area (Å²) in [6.45, 7) is 1.79. The zero-order valence-corrected chi connectivity index (χ0v) is 15.8. The van der Waals surface area contributed by atoms with Gasteiger partial charge in [-0.25, -0.2) is 14.2 Å². The molecule has 1 aromatic heterocycles. The molecule has 1 heterocycles. The van der Waals surface area contributed by atoms with E-state index < -0.39 is 24.3 Å². The van der Waals surface area contributed by atoms with Gasteiger partial charge in [0, 0.05) is 11.1 Å². The first kappa shape index (κ1) is 19.5. The van der Waals surface area contributed by atoms with E-state index in [0.29, 0.717) is 12.4 Å². The van der Waals surface area contributed by atoms with Crippen molar-refractivity contribution in [1.82, 2.24) is 4.98 Å². The molecule has 1 N–H and O–H groups in total. The molecule has 0 fully saturated rings. The Morgan fingerprint density at radius 1 is 1.18 bits per heavy atom. The minimum Gasteiger partial charge on any atom is -0.487 e. The summed E-state index contributed by atoms with van der Waals surface area (Å²) in [6, 6.07) is 11.8. The Balaban J connectivity index is 1.46. The SMILES string of the molecule is Cc1nc(COc2ccc(C(=O)OCC(=O)Nc3cccc(F)c3)cc2)cs1. The van der Waals surface area contributed by atoms with Gasteiger partial charge in [0.1, 0.15) is 18.2 Å². The second kappa shape index (κ2) is 9.09. The maximum Gasteiger partial charge on any atom is 0.338 e. The Kier molecular flexibility index (Phi) is 6.33. The van der Waals surface area contributed by atoms with Gasteiger partial charge in [-0.1, -0.05) is 6.07 Å². The molecule has 2 aromatic carbocycles. The minimum absolute atomic E-state index is 0.287. The fraction of sp³-hybridized carbons (Fsp3) is 0.150. The molecule has 0 aliphatic carbocycles. The van der Waals surface area contributed by atoms with E-state index in [9.17, 15) is 14.0 Å². The maximum atomic E-state index is 13.1. The van der Waals surface area contributed by atoms with Crippen molar-refractivity contribution in [2.45, 2.75) is 13.5 Å². The summed E-state index contributed by atoms with van der Waals surface area (Å²) in [6.07, 6.45) is 0. The largest absolute Gasteiger partial charge is 0.487 e. The first-order valence-electron chi connectivity index (χ1n) is 8.36. The Labute approximate surface area is 164 Å². The lowest BCUT2D eigenvalue weighted by Crippen LogP contribution is -2.21. The minimum atomic E-state index is -0.643. The molecular weight excluding hydrogens is 383 g/mol. The van der Waals surface area contributed by atoms with Crippen LogP contribution in [-0.4, -0.2) is 23.5 Å². The number of hydrogen-bond acceptors (Lipinski definition) is 6. The van der Waals surface area contributed by atoms with Crippen molar-refractivity contribution < 1.29 is 23.5 Å². The summed E-state index contributed by atoms with van der Waals surface area (Å²) < 4.78 is 23.7. The molecule has 0 aliphatic rings. The predicted octanol–water partition coefficient (Wildman–Crippen LogP) is 3.97. The van der Waals surface area contributed by atoms with Crippen molar-refractivity contribution in [3.63, 3.8) is 0 Å². The number of rotatable bonds is 7. The number of anilines is 1. The lowest BCUT2D eigenvalue weighted by atomic mass is 10.2. The van der Waals surface area contributed by atoms with Gasteiger partial charge in [0.15, 0.2) is 6.61 Å². The number of nitrogens with zero attached hydrogens (tertiary/aromatic N) is 1. The van der Waals surface area contributed by atoms with Crippen LogP contribution < -0.4 is 10.1 Å². The highest BCUT2D eigenvalue weighted by Crippen LogP contribution is 2.16. The highest BCUT2D eigenvalue weighted by molar-refractivity contribution is 7.09. The van der Waals surface area contributed by atoms with E-state index in [0.717, 1.165) is 10.7 Å². The van der Waals surface area contributed by atoms with Gasteiger partial charge in [-0.05, 0) is 49.4 Å². The van der Waals surface area contributed by atoms with Crippen LogP contribution in [0.2, 0.25) is 0 Å². The van der Waals surface area contributed by atoms with Crippen LogP contribution in [0.5, 0.6) is 5.75 Å². The average Bonchev–Trinajstić information content (AvgIpc) is 3.10. The number of halogens is 1. The maximum absolute atomic E-state index is 13.1. The molecular formula is C20H17FN2O4S. The fourth-order valence-corrected chi connectivity index (χ4v) is 2.89. The first-order chi connectivity index (χ1) is 13.5. The van der Waals surface area contributed by atoms with Gasteiger partial charge in [-0.3, -0.25) is 4.79 Å². The summed E-state index contributed by atoms with van der Waals surface area (Å²) in [4.78, 5) is 28.1. The van der Waals surface area contributed by atoms with Crippen LogP contribution in [0.4, 0.5) is 10.1 Å². The van der Waals surface area contributed by atoms with Gasteiger partial charge in [0.2, 0.25) is 0 Å². The molecule has 3 aromatic rings. The zero-order valence-electron chi connectivity index (χ0n) is 15.0. The molecule has 0 unspecified atom stereocenters. The molecule has 1 amide bonds. The van der Waals surface area contributed by atoms with Crippen LogP contribution in [-0.2, 0) is 16.1 Å². The summed E-state index contributed by atoms with van der Waals surface area (Å²) >= 11 is 1.55. The van der Waals surface area contributed by atoms with E-state index in [1.807, 2.05) is 12.3 Å². The third kappa shape index (κ3) is 5.62. The number of aromatic nitrogens is 1. The topological polar surface area (TPSA) is 77.5 Å². The molecule has 0 saturated carbocycles. The smallest absolute Gasteiger partial charge is 0.338 e. The second-order valence-electron chi connectivity index (χ2n) is 5.81. The van der Waals surface area contributed by atoms with Crippen LogP contribution in [0.3, 0.4) is 0 Å². The van der Waals surface area contributed by atoms with Gasteiger partial charge in [-0.15, -0.1) is 11.3 Å². The van der Waals surface area contributed by atoms with E-state index >= 15 is 0 Å². The van der Waals surface area contributed by atoms with Gasteiger partial charge in [0.05, 0.1) is 16.3 Å². The highest BCUT2D eigenvalue weighted by Gasteiger charge is 2.11. The van der Waals surface area contributed by atoms with Crippen LogP contribution in [0.15, 0.2) is 53.9 Å². The number of esters is 1. The number of thiazole rings is 1. The van der Waals surface area contributed by atoms with Crippen molar-refractivity contribution in [2.75, 3.05) is 11.9 Å². The van der Waals surface area contributed by atoms with Gasteiger partial charge in [0.25, 0.3) is 5.91 Å². The van der Waals surface area contributed by atoms with Crippen molar-refractivity contribution in [2.24, 2.45) is 0 Å². The monoisotopic (exact) mass is 400 g/mol. The number of amides is 1. The molecule has 0 bridgehead atoms. The fourth-order valence-electron chi connectivity index (χ4n) is 2.30. The number of hydrogen-bond donors (Lipinski definition) is 1. The highest BCUT2D eigenvalue weighted by atomic mass is 32.1. The lowest BCUT2D eigenvalue weighted by Gasteiger charge is -2.08. The number of ether oxygens (including phenoxy) is 2. The van der Waals surface area contributed by atoms with Crippen LogP contribution in [0, 0.1) is 12.7 Å². The van der Waals surface area contributed by atoms with E-state index in [-0.39, 0.29) is 11.3 Å². The number of benzene rings is 2. The van der Waals surface area contributed by atoms with Gasteiger partial charge < -0.3 is 14.8 Å². The van der Waals surface area contributed by atoms with Crippen LogP contribution in [0.1, 0.15) is 21.1 Å². The Hall–Kier alpha value is -3.26. The normalized spacial score (nSPS) is 10.4. The van der Waals surface area contributed by atoms with Crippen LogP contribution >= 0.6 is 11.3 Å². The zero-order chi connectivity index (χ0) is 19.9. The number of carbonyl (C=O) groups is 2. The quantitative estimate of drug-likeness (QED) is 0.608. The van der Waals surface area contributed by atoms with Crippen molar-refractivity contribution >= 4 is 28.9 Å². The molecule has 0 radical (unpaired) electrons. The molecule has 6 nitrogen and oxygen atoms in total. The molecule has 0 saturated heterocycles.